The molecular weight excluding hydrogens is 331 g/mol. The Balaban J connectivity index is 2.18. The molecule has 0 atom stereocenters. The van der Waals surface area contributed by atoms with Gasteiger partial charge in [0.1, 0.15) is 10.6 Å². The summed E-state index contributed by atoms with van der Waals surface area (Å²) in [6.07, 6.45) is -3.73. The van der Waals surface area contributed by atoms with Gasteiger partial charge in [0.2, 0.25) is 9.84 Å². The lowest BCUT2D eigenvalue weighted by Gasteiger charge is -2.13. The molecule has 1 aromatic heterocycles. The second kappa shape index (κ2) is 5.31. The Hall–Kier alpha value is -2.48. The third kappa shape index (κ3) is 2.89. The van der Waals surface area contributed by atoms with Gasteiger partial charge in [-0.3, -0.25) is 0 Å². The van der Waals surface area contributed by atoms with Crippen LogP contribution in [0.25, 0.3) is 10.9 Å². The van der Waals surface area contributed by atoms with Crippen LogP contribution in [-0.4, -0.2) is 19.8 Å². The lowest BCUT2D eigenvalue weighted by molar-refractivity contribution is -0.275. The van der Waals surface area contributed by atoms with Crippen LogP contribution in [0.15, 0.2) is 64.5 Å². The van der Waals surface area contributed by atoms with Crippen LogP contribution in [0.4, 0.5) is 13.2 Å². The molecule has 2 aromatic carbocycles. The quantitative estimate of drug-likeness (QED) is 0.786. The van der Waals surface area contributed by atoms with Crippen molar-refractivity contribution in [3.63, 3.8) is 0 Å². The van der Waals surface area contributed by atoms with Crippen LogP contribution < -0.4 is 4.74 Å². The van der Waals surface area contributed by atoms with Crippen molar-refractivity contribution in [1.29, 1.82) is 0 Å². The summed E-state index contributed by atoms with van der Waals surface area (Å²) in [5, 5.41) is 0.398. The van der Waals surface area contributed by atoms with E-state index < -0.39 is 26.8 Å². The summed E-state index contributed by atoms with van der Waals surface area (Å²) >= 11 is 0. The summed E-state index contributed by atoms with van der Waals surface area (Å²) in [4.78, 5) is 2.14. The van der Waals surface area contributed by atoms with E-state index in [1.54, 1.807) is 24.3 Å². The standard InChI is InChI=1S/C15H10F3NO3S/c16-15(17,18)22-12-7-3-4-8-13(12)23(20,21)14-9-19-11-6-2-1-5-10(11)14/h1-9,19H. The highest BCUT2D eigenvalue weighted by atomic mass is 32.2. The Morgan fingerprint density at radius 3 is 2.30 bits per heavy atom. The van der Waals surface area contributed by atoms with Gasteiger partial charge in [-0.25, -0.2) is 8.42 Å². The fourth-order valence-corrected chi connectivity index (χ4v) is 3.82. The van der Waals surface area contributed by atoms with Gasteiger partial charge in [0.25, 0.3) is 0 Å². The zero-order valence-corrected chi connectivity index (χ0v) is 12.3. The average molecular weight is 341 g/mol. The number of ether oxygens (including phenoxy) is 1. The summed E-state index contributed by atoms with van der Waals surface area (Å²) in [5.74, 6) is -0.759. The number of halogens is 3. The molecule has 23 heavy (non-hydrogen) atoms. The molecule has 3 aromatic rings. The van der Waals surface area contributed by atoms with Crippen molar-refractivity contribution in [3.05, 3.63) is 54.7 Å². The van der Waals surface area contributed by atoms with E-state index in [2.05, 4.69) is 9.72 Å². The largest absolute Gasteiger partial charge is 0.573 e. The smallest absolute Gasteiger partial charge is 0.404 e. The van der Waals surface area contributed by atoms with Crippen molar-refractivity contribution < 1.29 is 26.3 Å². The second-order valence-electron chi connectivity index (χ2n) is 4.70. The Morgan fingerprint density at radius 1 is 0.913 bits per heavy atom. The maximum absolute atomic E-state index is 12.7. The number of benzene rings is 2. The number of fused-ring (bicyclic) bond motifs is 1. The Kier molecular flexibility index (Phi) is 3.56. The second-order valence-corrected chi connectivity index (χ2v) is 6.58. The molecule has 8 heteroatoms. The number of hydrogen-bond donors (Lipinski definition) is 1. The number of aromatic nitrogens is 1. The van der Waals surface area contributed by atoms with Crippen molar-refractivity contribution in [2.24, 2.45) is 0 Å². The van der Waals surface area contributed by atoms with Crippen molar-refractivity contribution in [1.82, 2.24) is 4.98 Å². The SMILES string of the molecule is O=S(=O)(c1ccccc1OC(F)(F)F)c1c[nH]c2ccccc12. The number of rotatable bonds is 3. The van der Waals surface area contributed by atoms with Crippen molar-refractivity contribution in [2.75, 3.05) is 0 Å². The number of H-pyrrole nitrogens is 1. The molecule has 0 aliphatic carbocycles. The number of aromatic amines is 1. The fraction of sp³-hybridized carbons (Fsp3) is 0.0667. The van der Waals surface area contributed by atoms with E-state index in [-0.39, 0.29) is 4.90 Å². The predicted molar refractivity (Wildman–Crippen MR) is 76.9 cm³/mol. The number of nitrogens with one attached hydrogen (secondary N) is 1. The molecule has 0 aliphatic rings. The number of para-hydroxylation sites is 2. The summed E-state index contributed by atoms with van der Waals surface area (Å²) in [7, 11) is -4.18. The van der Waals surface area contributed by atoms with Gasteiger partial charge in [-0.15, -0.1) is 13.2 Å². The van der Waals surface area contributed by atoms with Crippen LogP contribution in [0.1, 0.15) is 0 Å². The molecular formula is C15H10F3NO3S. The third-order valence-electron chi connectivity index (χ3n) is 3.21. The summed E-state index contributed by atoms with van der Waals surface area (Å²) in [5.41, 5.74) is 0.570. The lowest BCUT2D eigenvalue weighted by atomic mass is 10.2. The Labute approximate surface area is 129 Å². The molecule has 0 spiro atoms. The monoisotopic (exact) mass is 341 g/mol. The van der Waals surface area contributed by atoms with E-state index in [4.69, 9.17) is 0 Å². The average Bonchev–Trinajstić information content (AvgIpc) is 2.90. The van der Waals surface area contributed by atoms with E-state index >= 15 is 0 Å². The molecule has 0 bridgehead atoms. The van der Waals surface area contributed by atoms with Crippen molar-refractivity contribution >= 4 is 20.7 Å². The summed E-state index contributed by atoms with van der Waals surface area (Å²) in [6, 6.07) is 11.3. The maximum atomic E-state index is 12.7. The highest BCUT2D eigenvalue weighted by Gasteiger charge is 2.34. The molecule has 120 valence electrons. The van der Waals surface area contributed by atoms with Crippen LogP contribution >= 0.6 is 0 Å². The molecule has 0 saturated carbocycles. The number of hydrogen-bond acceptors (Lipinski definition) is 3. The van der Waals surface area contributed by atoms with Crippen molar-refractivity contribution in [2.45, 2.75) is 16.2 Å². The van der Waals surface area contributed by atoms with E-state index in [1.807, 2.05) is 0 Å². The third-order valence-corrected chi connectivity index (χ3v) is 5.04. The first-order valence-corrected chi connectivity index (χ1v) is 7.93. The minimum atomic E-state index is -4.98. The predicted octanol–water partition coefficient (Wildman–Crippen LogP) is 3.90. The van der Waals surface area contributed by atoms with Gasteiger partial charge in [0, 0.05) is 17.1 Å². The summed E-state index contributed by atoms with van der Waals surface area (Å²) < 4.78 is 66.8. The van der Waals surface area contributed by atoms with Crippen LogP contribution in [-0.2, 0) is 9.84 Å². The summed E-state index contributed by atoms with van der Waals surface area (Å²) in [6.45, 7) is 0. The van der Waals surface area contributed by atoms with Crippen molar-refractivity contribution in [3.8, 4) is 5.75 Å². The number of alkyl halides is 3. The van der Waals surface area contributed by atoms with Crippen LogP contribution in [0, 0.1) is 0 Å². The van der Waals surface area contributed by atoms with E-state index in [0.29, 0.717) is 10.9 Å². The zero-order valence-electron chi connectivity index (χ0n) is 11.5. The van der Waals surface area contributed by atoms with Crippen LogP contribution in [0.5, 0.6) is 5.75 Å². The molecule has 0 amide bonds. The van der Waals surface area contributed by atoms with Gasteiger partial charge in [-0.05, 0) is 18.2 Å². The molecule has 0 aliphatic heterocycles. The van der Waals surface area contributed by atoms with Crippen LogP contribution in [0.2, 0.25) is 0 Å². The molecule has 0 saturated heterocycles. The Morgan fingerprint density at radius 2 is 1.57 bits per heavy atom. The fourth-order valence-electron chi connectivity index (χ4n) is 2.27. The lowest BCUT2D eigenvalue weighted by Crippen LogP contribution is -2.19. The molecule has 0 radical (unpaired) electrons. The highest BCUT2D eigenvalue weighted by Crippen LogP contribution is 2.35. The first-order valence-electron chi connectivity index (χ1n) is 6.45. The molecule has 3 rings (SSSR count). The van der Waals surface area contributed by atoms with Gasteiger partial charge >= 0.3 is 6.36 Å². The van der Waals surface area contributed by atoms with Gasteiger partial charge in [0.15, 0.2) is 0 Å². The molecule has 4 nitrogen and oxygen atoms in total. The normalized spacial score (nSPS) is 12.5. The zero-order chi connectivity index (χ0) is 16.7. The first kappa shape index (κ1) is 15.4. The van der Waals surface area contributed by atoms with Gasteiger partial charge in [0.05, 0.1) is 4.90 Å². The molecule has 0 fully saturated rings. The van der Waals surface area contributed by atoms with E-state index in [0.717, 1.165) is 12.1 Å². The Bertz CT molecular complexity index is 961. The van der Waals surface area contributed by atoms with Crippen LogP contribution in [0.3, 0.4) is 0 Å². The van der Waals surface area contributed by atoms with Gasteiger partial charge in [-0.2, -0.15) is 0 Å². The molecule has 1 heterocycles. The minimum absolute atomic E-state index is 0.105. The van der Waals surface area contributed by atoms with E-state index in [9.17, 15) is 21.6 Å². The minimum Gasteiger partial charge on any atom is -0.404 e. The highest BCUT2D eigenvalue weighted by molar-refractivity contribution is 7.91. The number of sulfone groups is 1. The topological polar surface area (TPSA) is 59.2 Å². The van der Waals surface area contributed by atoms with E-state index in [1.165, 1.54) is 18.3 Å². The molecule has 1 N–H and O–H groups in total. The van der Waals surface area contributed by atoms with Gasteiger partial charge < -0.3 is 9.72 Å². The van der Waals surface area contributed by atoms with Gasteiger partial charge in [-0.1, -0.05) is 30.3 Å². The maximum Gasteiger partial charge on any atom is 0.573 e. The first-order chi connectivity index (χ1) is 10.8. The molecule has 0 unspecified atom stereocenters.